The lowest BCUT2D eigenvalue weighted by atomic mass is 9.97. The van der Waals surface area contributed by atoms with Crippen LogP contribution in [-0.2, 0) is 11.3 Å². The Labute approximate surface area is 136 Å². The van der Waals surface area contributed by atoms with Crippen molar-refractivity contribution in [2.75, 3.05) is 0 Å². The molecule has 2 heterocycles. The number of carbonyl (C=O) groups excluding carboxylic acids is 1. The van der Waals surface area contributed by atoms with Crippen LogP contribution in [0.5, 0.6) is 0 Å². The molecule has 0 saturated carbocycles. The van der Waals surface area contributed by atoms with Crippen LogP contribution >= 0.6 is 0 Å². The Morgan fingerprint density at radius 1 is 1.05 bits per heavy atom. The van der Waals surface area contributed by atoms with Crippen molar-refractivity contribution in [1.29, 1.82) is 0 Å². The zero-order chi connectivity index (χ0) is 16.1. The van der Waals surface area contributed by atoms with Gasteiger partial charge in [-0.05, 0) is 24.6 Å². The minimum absolute atomic E-state index is 0.162. The Kier molecular flexibility index (Phi) is 3.86. The third-order valence-corrected chi connectivity index (χ3v) is 15.9. The van der Waals surface area contributed by atoms with E-state index in [4.69, 9.17) is 0 Å². The van der Waals surface area contributed by atoms with Gasteiger partial charge in [0.15, 0.2) is 0 Å². The first kappa shape index (κ1) is 16.0. The van der Waals surface area contributed by atoms with Crippen molar-refractivity contribution in [3.05, 3.63) is 35.9 Å². The van der Waals surface area contributed by atoms with Crippen molar-refractivity contribution >= 4 is 22.4 Å². The standard InChI is InChI=1S/C17H28N2OSi2/c1-14-16(19-21(2,3)11-12-22(19,4)5)17(20)18(14)13-15-9-7-6-8-10-15/h6-10,14,16H,11-13H2,1-5H3. The van der Waals surface area contributed by atoms with Gasteiger partial charge in [-0.25, -0.2) is 0 Å². The van der Waals surface area contributed by atoms with Gasteiger partial charge in [0.05, 0.1) is 12.1 Å². The summed E-state index contributed by atoms with van der Waals surface area (Å²) in [4.78, 5) is 14.9. The Morgan fingerprint density at radius 3 is 2.09 bits per heavy atom. The maximum absolute atomic E-state index is 12.9. The van der Waals surface area contributed by atoms with Gasteiger partial charge < -0.3 is 9.13 Å². The molecule has 2 aliphatic rings. The van der Waals surface area contributed by atoms with Crippen molar-refractivity contribution in [2.45, 2.75) is 63.8 Å². The zero-order valence-corrected chi connectivity index (χ0v) is 16.5. The first-order chi connectivity index (χ1) is 10.2. The highest BCUT2D eigenvalue weighted by atomic mass is 28.4. The van der Waals surface area contributed by atoms with E-state index in [0.29, 0.717) is 11.9 Å². The van der Waals surface area contributed by atoms with E-state index in [-0.39, 0.29) is 6.04 Å². The van der Waals surface area contributed by atoms with Crippen LogP contribution in [0.2, 0.25) is 38.3 Å². The van der Waals surface area contributed by atoms with Crippen LogP contribution in [0.3, 0.4) is 0 Å². The lowest BCUT2D eigenvalue weighted by Crippen LogP contribution is -2.75. The summed E-state index contributed by atoms with van der Waals surface area (Å²) in [5.41, 5.74) is 1.23. The molecule has 2 atom stereocenters. The molecule has 0 spiro atoms. The van der Waals surface area contributed by atoms with E-state index in [9.17, 15) is 4.79 Å². The molecule has 22 heavy (non-hydrogen) atoms. The molecule has 2 aliphatic heterocycles. The summed E-state index contributed by atoms with van der Waals surface area (Å²) in [7, 11) is -2.79. The molecule has 0 radical (unpaired) electrons. The Bertz CT molecular complexity index is 557. The number of hydrogen-bond donors (Lipinski definition) is 0. The minimum atomic E-state index is -1.40. The molecule has 2 unspecified atom stereocenters. The molecule has 0 N–H and O–H groups in total. The maximum Gasteiger partial charge on any atom is 0.241 e. The highest BCUT2D eigenvalue weighted by Gasteiger charge is 2.58. The summed E-state index contributed by atoms with van der Waals surface area (Å²) in [5.74, 6) is 0.361. The molecule has 3 rings (SSSR count). The summed E-state index contributed by atoms with van der Waals surface area (Å²) < 4.78 is 2.76. The predicted molar refractivity (Wildman–Crippen MR) is 96.7 cm³/mol. The van der Waals surface area contributed by atoms with Gasteiger partial charge in [0.2, 0.25) is 5.91 Å². The van der Waals surface area contributed by atoms with Crippen molar-refractivity contribution < 1.29 is 4.79 Å². The van der Waals surface area contributed by atoms with Crippen LogP contribution in [0.1, 0.15) is 12.5 Å². The third-order valence-electron chi connectivity index (χ3n) is 5.61. The van der Waals surface area contributed by atoms with E-state index in [2.05, 4.69) is 54.4 Å². The average Bonchev–Trinajstić information content (AvgIpc) is 2.69. The van der Waals surface area contributed by atoms with E-state index in [1.54, 1.807) is 0 Å². The lowest BCUT2D eigenvalue weighted by Gasteiger charge is -2.56. The average molecular weight is 333 g/mol. The number of carbonyl (C=O) groups is 1. The zero-order valence-electron chi connectivity index (χ0n) is 14.5. The summed E-state index contributed by atoms with van der Waals surface area (Å²) in [6.45, 7) is 12.8. The van der Waals surface area contributed by atoms with E-state index in [1.807, 2.05) is 18.2 Å². The topological polar surface area (TPSA) is 23.6 Å². The van der Waals surface area contributed by atoms with Crippen molar-refractivity contribution in [3.63, 3.8) is 0 Å². The molecule has 2 saturated heterocycles. The molecule has 2 fully saturated rings. The van der Waals surface area contributed by atoms with Crippen molar-refractivity contribution in [2.24, 2.45) is 0 Å². The van der Waals surface area contributed by atoms with Crippen LogP contribution in [0.25, 0.3) is 0 Å². The number of nitrogens with zero attached hydrogens (tertiary/aromatic N) is 2. The third kappa shape index (κ3) is 2.49. The quantitative estimate of drug-likeness (QED) is 0.625. The van der Waals surface area contributed by atoms with Gasteiger partial charge in [-0.1, -0.05) is 56.5 Å². The van der Waals surface area contributed by atoms with Crippen LogP contribution in [0, 0.1) is 0 Å². The molecule has 1 aromatic rings. The molecule has 0 aromatic heterocycles. The monoisotopic (exact) mass is 332 g/mol. The predicted octanol–water partition coefficient (Wildman–Crippen LogP) is 3.51. The van der Waals surface area contributed by atoms with Crippen LogP contribution < -0.4 is 0 Å². The number of β-lactam (4-membered cyclic amide) rings is 1. The van der Waals surface area contributed by atoms with Gasteiger partial charge in [-0.2, -0.15) is 0 Å². The summed E-state index contributed by atoms with van der Waals surface area (Å²) >= 11 is 0. The molecule has 5 heteroatoms. The highest BCUT2D eigenvalue weighted by Crippen LogP contribution is 2.43. The lowest BCUT2D eigenvalue weighted by molar-refractivity contribution is -0.153. The fourth-order valence-electron chi connectivity index (χ4n) is 4.42. The summed E-state index contributed by atoms with van der Waals surface area (Å²) in [6.07, 6.45) is 0. The van der Waals surface area contributed by atoms with E-state index < -0.39 is 16.5 Å². The normalized spacial score (nSPS) is 30.4. The van der Waals surface area contributed by atoms with Gasteiger partial charge in [-0.15, -0.1) is 0 Å². The number of hydrogen-bond acceptors (Lipinski definition) is 2. The van der Waals surface area contributed by atoms with Gasteiger partial charge >= 0.3 is 0 Å². The van der Waals surface area contributed by atoms with Gasteiger partial charge in [0.1, 0.15) is 16.5 Å². The first-order valence-electron chi connectivity index (χ1n) is 8.38. The molecular weight excluding hydrogens is 304 g/mol. The number of likely N-dealkylation sites (tertiary alicyclic amines) is 1. The number of amides is 1. The van der Waals surface area contributed by atoms with E-state index >= 15 is 0 Å². The minimum Gasteiger partial charge on any atom is -0.333 e. The molecule has 1 aromatic carbocycles. The summed E-state index contributed by atoms with van der Waals surface area (Å²) in [5, 5.41) is 0. The Morgan fingerprint density at radius 2 is 1.59 bits per heavy atom. The van der Waals surface area contributed by atoms with Gasteiger partial charge in [-0.3, -0.25) is 4.79 Å². The SMILES string of the molecule is CC1C(N2[Si](C)(C)CC[Si]2(C)C)C(=O)N1Cc1ccccc1. The fraction of sp³-hybridized carbons (Fsp3) is 0.588. The number of rotatable bonds is 3. The molecule has 0 bridgehead atoms. The second-order valence-corrected chi connectivity index (χ2v) is 17.8. The molecule has 120 valence electrons. The molecule has 0 aliphatic carbocycles. The maximum atomic E-state index is 12.9. The fourth-order valence-corrected chi connectivity index (χ4v) is 19.2. The smallest absolute Gasteiger partial charge is 0.241 e. The van der Waals surface area contributed by atoms with E-state index in [0.717, 1.165) is 6.54 Å². The largest absolute Gasteiger partial charge is 0.333 e. The van der Waals surface area contributed by atoms with Crippen molar-refractivity contribution in [3.8, 4) is 0 Å². The molecular formula is C17H28N2OSi2. The summed E-state index contributed by atoms with van der Waals surface area (Å²) in [6, 6.07) is 13.6. The van der Waals surface area contributed by atoms with Gasteiger partial charge in [0.25, 0.3) is 0 Å². The first-order valence-corrected chi connectivity index (χ1v) is 14.7. The van der Waals surface area contributed by atoms with Crippen LogP contribution in [-0.4, -0.2) is 43.6 Å². The van der Waals surface area contributed by atoms with Crippen LogP contribution in [0.4, 0.5) is 0 Å². The molecule has 3 nitrogen and oxygen atoms in total. The molecule has 1 amide bonds. The van der Waals surface area contributed by atoms with Gasteiger partial charge in [0, 0.05) is 6.54 Å². The second-order valence-electron chi connectivity index (χ2n) is 8.13. The highest BCUT2D eigenvalue weighted by molar-refractivity contribution is 6.95. The Hall–Kier alpha value is -0.916. The van der Waals surface area contributed by atoms with Crippen molar-refractivity contribution in [1.82, 2.24) is 9.13 Å². The second kappa shape index (κ2) is 5.32. The number of benzene rings is 1. The Balaban J connectivity index is 1.77. The van der Waals surface area contributed by atoms with Crippen LogP contribution in [0.15, 0.2) is 30.3 Å². The van der Waals surface area contributed by atoms with E-state index in [1.165, 1.54) is 17.7 Å².